The molecule has 2 aromatic carbocycles. The molecule has 27 heavy (non-hydrogen) atoms. The van der Waals surface area contributed by atoms with E-state index in [0.29, 0.717) is 18.5 Å². The molecule has 0 saturated carbocycles. The average Bonchev–Trinajstić information content (AvgIpc) is 3.06. The summed E-state index contributed by atoms with van der Waals surface area (Å²) in [5, 5.41) is 2.75. The van der Waals surface area contributed by atoms with Crippen LogP contribution in [0.2, 0.25) is 0 Å². The number of nitrogens with zero attached hydrogens (tertiary/aromatic N) is 1. The van der Waals surface area contributed by atoms with Crippen molar-refractivity contribution in [2.24, 2.45) is 0 Å². The van der Waals surface area contributed by atoms with Crippen molar-refractivity contribution in [3.63, 3.8) is 0 Å². The van der Waals surface area contributed by atoms with Crippen LogP contribution in [-0.4, -0.2) is 37.9 Å². The maximum Gasteiger partial charge on any atom is 0.251 e. The molecule has 3 rings (SSSR count). The van der Waals surface area contributed by atoms with E-state index < -0.39 is 9.84 Å². The molecular weight excluding hydrogens is 400 g/mol. The van der Waals surface area contributed by atoms with Gasteiger partial charge in [0.15, 0.2) is 4.34 Å². The second-order valence-corrected chi connectivity index (χ2v) is 10.7. The number of carbonyl (C=O) groups excluding carboxylic acids is 1. The zero-order valence-electron chi connectivity index (χ0n) is 14.8. The van der Waals surface area contributed by atoms with Crippen molar-refractivity contribution in [1.29, 1.82) is 0 Å². The summed E-state index contributed by atoms with van der Waals surface area (Å²) >= 11 is 3.36. The number of carbonyl (C=O) groups is 1. The van der Waals surface area contributed by atoms with E-state index in [9.17, 15) is 13.2 Å². The van der Waals surface area contributed by atoms with Crippen LogP contribution in [0.3, 0.4) is 0 Å². The molecule has 0 fully saturated rings. The summed E-state index contributed by atoms with van der Waals surface area (Å²) in [6.45, 7) is 0.348. The van der Waals surface area contributed by atoms with Crippen LogP contribution >= 0.6 is 23.1 Å². The molecule has 0 aliphatic heterocycles. The molecule has 0 aliphatic rings. The van der Waals surface area contributed by atoms with Gasteiger partial charge in [-0.15, -0.1) is 11.3 Å². The van der Waals surface area contributed by atoms with Gasteiger partial charge >= 0.3 is 0 Å². The van der Waals surface area contributed by atoms with Crippen molar-refractivity contribution in [1.82, 2.24) is 10.3 Å². The molecule has 8 heteroatoms. The van der Waals surface area contributed by atoms with Gasteiger partial charge in [0.1, 0.15) is 9.84 Å². The number of nitrogens with one attached hydrogen (secondary N) is 1. The van der Waals surface area contributed by atoms with Crippen LogP contribution < -0.4 is 5.32 Å². The lowest BCUT2D eigenvalue weighted by molar-refractivity contribution is 0.0953. The standard InChI is InChI=1S/C19H20N2O3S3/c1-27(23,24)12-4-11-20-18(22)15-9-7-14(8-10-15)13-25-19-21-16-5-2-3-6-17(16)26-19/h2-3,5-10H,4,11-13H2,1H3,(H,20,22). The zero-order chi connectivity index (χ0) is 19.3. The maximum atomic E-state index is 12.1. The van der Waals surface area contributed by atoms with Gasteiger partial charge in [0.25, 0.3) is 5.91 Å². The Morgan fingerprint density at radius 2 is 1.89 bits per heavy atom. The zero-order valence-corrected chi connectivity index (χ0v) is 17.3. The molecule has 0 saturated heterocycles. The Hall–Kier alpha value is -1.90. The van der Waals surface area contributed by atoms with Crippen LogP contribution in [0, 0.1) is 0 Å². The van der Waals surface area contributed by atoms with Gasteiger partial charge in [0.05, 0.1) is 16.0 Å². The van der Waals surface area contributed by atoms with Gasteiger partial charge in [-0.1, -0.05) is 36.0 Å². The molecule has 1 amide bonds. The number of hydrogen-bond acceptors (Lipinski definition) is 6. The summed E-state index contributed by atoms with van der Waals surface area (Å²) in [7, 11) is -2.99. The van der Waals surface area contributed by atoms with E-state index in [0.717, 1.165) is 21.2 Å². The minimum atomic E-state index is -2.99. The molecule has 0 unspecified atom stereocenters. The number of thiazole rings is 1. The van der Waals surface area contributed by atoms with E-state index in [4.69, 9.17) is 0 Å². The van der Waals surface area contributed by atoms with Crippen molar-refractivity contribution < 1.29 is 13.2 Å². The van der Waals surface area contributed by atoms with Crippen molar-refractivity contribution in [2.45, 2.75) is 16.5 Å². The number of para-hydroxylation sites is 1. The summed E-state index contributed by atoms with van der Waals surface area (Å²) in [5.74, 6) is 0.680. The minimum Gasteiger partial charge on any atom is -0.352 e. The molecular formula is C19H20N2O3S3. The van der Waals surface area contributed by atoms with E-state index >= 15 is 0 Å². The first-order valence-corrected chi connectivity index (χ1v) is 12.3. The van der Waals surface area contributed by atoms with Gasteiger partial charge in [-0.2, -0.15) is 0 Å². The molecule has 5 nitrogen and oxygen atoms in total. The van der Waals surface area contributed by atoms with Crippen LogP contribution in [0.1, 0.15) is 22.3 Å². The average molecular weight is 421 g/mol. The lowest BCUT2D eigenvalue weighted by Crippen LogP contribution is -2.25. The molecule has 142 valence electrons. The van der Waals surface area contributed by atoms with Gasteiger partial charge in [-0.25, -0.2) is 13.4 Å². The highest BCUT2D eigenvalue weighted by Gasteiger charge is 2.08. The summed E-state index contributed by atoms with van der Waals surface area (Å²) in [6, 6.07) is 15.5. The fourth-order valence-corrected chi connectivity index (χ4v) is 5.14. The number of thioether (sulfide) groups is 1. The first-order chi connectivity index (χ1) is 12.9. The molecule has 1 heterocycles. The smallest absolute Gasteiger partial charge is 0.251 e. The number of benzene rings is 2. The van der Waals surface area contributed by atoms with Gasteiger partial charge in [-0.3, -0.25) is 4.79 Å². The Balaban J connectivity index is 1.50. The molecule has 0 bridgehead atoms. The van der Waals surface area contributed by atoms with Crippen molar-refractivity contribution in [3.8, 4) is 0 Å². The fourth-order valence-electron chi connectivity index (χ4n) is 2.45. The number of amides is 1. The highest BCUT2D eigenvalue weighted by atomic mass is 32.2. The lowest BCUT2D eigenvalue weighted by atomic mass is 10.1. The SMILES string of the molecule is CS(=O)(=O)CCCNC(=O)c1ccc(CSc2nc3ccccc3s2)cc1. The van der Waals surface area contributed by atoms with Gasteiger partial charge < -0.3 is 5.32 Å². The van der Waals surface area contributed by atoms with E-state index in [1.165, 1.54) is 11.0 Å². The Kier molecular flexibility index (Phi) is 6.51. The molecule has 3 aromatic rings. The predicted molar refractivity (Wildman–Crippen MR) is 112 cm³/mol. The van der Waals surface area contributed by atoms with Crippen LogP contribution in [0.15, 0.2) is 52.9 Å². The van der Waals surface area contributed by atoms with Crippen LogP contribution in [0.25, 0.3) is 10.2 Å². The first kappa shape index (κ1) is 19.9. The third kappa shape index (κ3) is 6.05. The molecule has 0 spiro atoms. The maximum absolute atomic E-state index is 12.1. The quantitative estimate of drug-likeness (QED) is 0.444. The van der Waals surface area contributed by atoms with Crippen LogP contribution in [0.4, 0.5) is 0 Å². The summed E-state index contributed by atoms with van der Waals surface area (Å²) in [5.41, 5.74) is 2.71. The highest BCUT2D eigenvalue weighted by molar-refractivity contribution is 8.00. The van der Waals surface area contributed by atoms with Crippen LogP contribution in [-0.2, 0) is 15.6 Å². The second kappa shape index (κ2) is 8.86. The summed E-state index contributed by atoms with van der Waals surface area (Å²) in [4.78, 5) is 16.7. The van der Waals surface area contributed by atoms with E-state index in [-0.39, 0.29) is 11.7 Å². The third-order valence-corrected chi connectivity index (χ3v) is 7.11. The minimum absolute atomic E-state index is 0.0786. The highest BCUT2D eigenvalue weighted by Crippen LogP contribution is 2.31. The molecule has 0 aliphatic carbocycles. The van der Waals surface area contributed by atoms with Gasteiger partial charge in [-0.05, 0) is 36.2 Å². The van der Waals surface area contributed by atoms with Crippen LogP contribution in [0.5, 0.6) is 0 Å². The number of fused-ring (bicyclic) bond motifs is 1. The molecule has 0 atom stereocenters. The number of sulfone groups is 1. The second-order valence-electron chi connectivity index (χ2n) is 6.17. The normalized spacial score (nSPS) is 11.6. The Morgan fingerprint density at radius 1 is 1.15 bits per heavy atom. The monoisotopic (exact) mass is 420 g/mol. The van der Waals surface area contributed by atoms with Gasteiger partial charge in [0, 0.05) is 24.1 Å². The van der Waals surface area contributed by atoms with E-state index in [1.807, 2.05) is 30.3 Å². The number of hydrogen-bond donors (Lipinski definition) is 1. The Bertz CT molecular complexity index is 995. The topological polar surface area (TPSA) is 76.1 Å². The number of rotatable bonds is 8. The molecule has 1 N–H and O–H groups in total. The van der Waals surface area contributed by atoms with Crippen molar-refractivity contribution in [2.75, 3.05) is 18.6 Å². The Labute approximate surface area is 167 Å². The first-order valence-electron chi connectivity index (χ1n) is 8.44. The van der Waals surface area contributed by atoms with E-state index in [1.54, 1.807) is 35.2 Å². The Morgan fingerprint density at radius 3 is 2.59 bits per heavy atom. The van der Waals surface area contributed by atoms with Crippen molar-refractivity contribution in [3.05, 3.63) is 59.7 Å². The fraction of sp³-hybridized carbons (Fsp3) is 0.263. The third-order valence-electron chi connectivity index (χ3n) is 3.83. The number of aromatic nitrogens is 1. The molecule has 0 radical (unpaired) electrons. The largest absolute Gasteiger partial charge is 0.352 e. The summed E-state index contributed by atoms with van der Waals surface area (Å²) in [6.07, 6.45) is 1.61. The lowest BCUT2D eigenvalue weighted by Gasteiger charge is -2.06. The predicted octanol–water partition coefficient (Wildman–Crippen LogP) is 3.75. The van der Waals surface area contributed by atoms with Crippen molar-refractivity contribution >= 4 is 49.1 Å². The van der Waals surface area contributed by atoms with Gasteiger partial charge in [0.2, 0.25) is 0 Å². The van der Waals surface area contributed by atoms with E-state index in [2.05, 4.69) is 16.4 Å². The summed E-state index contributed by atoms with van der Waals surface area (Å²) < 4.78 is 24.4. The molecule has 1 aromatic heterocycles.